The van der Waals surface area contributed by atoms with Crippen LogP contribution in [0.4, 0.5) is 0 Å². The van der Waals surface area contributed by atoms with E-state index in [0.717, 1.165) is 5.56 Å². The van der Waals surface area contributed by atoms with Crippen molar-refractivity contribution in [2.45, 2.75) is 0 Å². The molecule has 0 aliphatic rings. The topological polar surface area (TPSA) is 75.6 Å². The first-order chi connectivity index (χ1) is 9.38. The van der Waals surface area contributed by atoms with Crippen LogP contribution in [0.5, 0.6) is 0 Å². The molecule has 0 saturated heterocycles. The SMILES string of the molecule is N#Cc1cnc(-c2ccccc2)nc1-c1ccon1. The lowest BCUT2D eigenvalue weighted by Gasteiger charge is -2.03. The molecule has 0 N–H and O–H groups in total. The molecular weight excluding hydrogens is 240 g/mol. The Balaban J connectivity index is 2.16. The molecule has 0 aliphatic carbocycles. The number of nitrogens with zero attached hydrogens (tertiary/aromatic N) is 4. The van der Waals surface area contributed by atoms with Gasteiger partial charge in [0.25, 0.3) is 0 Å². The van der Waals surface area contributed by atoms with Gasteiger partial charge in [-0.1, -0.05) is 35.5 Å². The van der Waals surface area contributed by atoms with Gasteiger partial charge in [-0.05, 0) is 0 Å². The first-order valence-corrected chi connectivity index (χ1v) is 5.62. The summed E-state index contributed by atoms with van der Waals surface area (Å²) in [6.07, 6.45) is 2.94. The summed E-state index contributed by atoms with van der Waals surface area (Å²) in [4.78, 5) is 8.60. The Hall–Kier alpha value is -3.00. The van der Waals surface area contributed by atoms with Gasteiger partial charge in [-0.25, -0.2) is 9.97 Å². The van der Waals surface area contributed by atoms with E-state index >= 15 is 0 Å². The van der Waals surface area contributed by atoms with Gasteiger partial charge in [0.1, 0.15) is 23.7 Å². The van der Waals surface area contributed by atoms with Crippen LogP contribution in [0.25, 0.3) is 22.8 Å². The first-order valence-electron chi connectivity index (χ1n) is 5.62. The van der Waals surface area contributed by atoms with Crippen molar-refractivity contribution < 1.29 is 4.52 Å². The molecule has 5 nitrogen and oxygen atoms in total. The van der Waals surface area contributed by atoms with Gasteiger partial charge < -0.3 is 4.52 Å². The predicted octanol–water partition coefficient (Wildman–Crippen LogP) is 2.67. The van der Waals surface area contributed by atoms with E-state index < -0.39 is 0 Å². The predicted molar refractivity (Wildman–Crippen MR) is 67.7 cm³/mol. The normalized spacial score (nSPS) is 10.1. The highest BCUT2D eigenvalue weighted by Crippen LogP contribution is 2.22. The standard InChI is InChI=1S/C14H8N4O/c15-8-11-9-16-14(10-4-2-1-3-5-10)17-13(11)12-6-7-19-18-12/h1-7,9H. The highest BCUT2D eigenvalue weighted by Gasteiger charge is 2.12. The van der Waals surface area contributed by atoms with Crippen molar-refractivity contribution in [2.75, 3.05) is 0 Å². The van der Waals surface area contributed by atoms with Crippen LogP contribution in [-0.2, 0) is 0 Å². The molecule has 1 aromatic carbocycles. The lowest BCUT2D eigenvalue weighted by molar-refractivity contribution is 0.422. The van der Waals surface area contributed by atoms with E-state index in [9.17, 15) is 0 Å². The number of benzene rings is 1. The van der Waals surface area contributed by atoms with Crippen LogP contribution in [-0.4, -0.2) is 15.1 Å². The van der Waals surface area contributed by atoms with Crippen molar-refractivity contribution >= 4 is 0 Å². The van der Waals surface area contributed by atoms with Gasteiger partial charge in [0, 0.05) is 17.8 Å². The van der Waals surface area contributed by atoms with E-state index in [4.69, 9.17) is 9.78 Å². The molecule has 0 aliphatic heterocycles. The van der Waals surface area contributed by atoms with E-state index in [1.165, 1.54) is 12.5 Å². The second kappa shape index (κ2) is 4.70. The molecule has 0 saturated carbocycles. The van der Waals surface area contributed by atoms with E-state index in [0.29, 0.717) is 22.8 Å². The second-order valence-electron chi connectivity index (χ2n) is 3.82. The average Bonchev–Trinajstić information content (AvgIpc) is 3.01. The van der Waals surface area contributed by atoms with Crippen molar-refractivity contribution in [1.29, 1.82) is 5.26 Å². The van der Waals surface area contributed by atoms with E-state index in [1.807, 2.05) is 30.3 Å². The van der Waals surface area contributed by atoms with Crippen LogP contribution >= 0.6 is 0 Å². The molecule has 2 aromatic heterocycles. The van der Waals surface area contributed by atoms with Crippen LogP contribution in [0.15, 0.2) is 53.4 Å². The van der Waals surface area contributed by atoms with E-state index in [1.54, 1.807) is 6.07 Å². The summed E-state index contributed by atoms with van der Waals surface area (Å²) in [5.41, 5.74) is 2.26. The zero-order chi connectivity index (χ0) is 13.1. The second-order valence-corrected chi connectivity index (χ2v) is 3.82. The monoisotopic (exact) mass is 248 g/mol. The number of hydrogen-bond acceptors (Lipinski definition) is 5. The quantitative estimate of drug-likeness (QED) is 0.696. The Morgan fingerprint density at radius 1 is 1.11 bits per heavy atom. The van der Waals surface area contributed by atoms with Gasteiger partial charge in [-0.15, -0.1) is 0 Å². The van der Waals surface area contributed by atoms with Crippen molar-refractivity contribution in [2.24, 2.45) is 0 Å². The summed E-state index contributed by atoms with van der Waals surface area (Å²) in [6, 6.07) is 13.3. The third kappa shape index (κ3) is 2.07. The Kier molecular flexibility index (Phi) is 2.75. The lowest BCUT2D eigenvalue weighted by Crippen LogP contribution is -1.95. The molecule has 0 unspecified atom stereocenters. The summed E-state index contributed by atoms with van der Waals surface area (Å²) in [7, 11) is 0. The highest BCUT2D eigenvalue weighted by molar-refractivity contribution is 5.65. The smallest absolute Gasteiger partial charge is 0.159 e. The highest BCUT2D eigenvalue weighted by atomic mass is 16.5. The molecule has 3 rings (SSSR count). The summed E-state index contributed by atoms with van der Waals surface area (Å²) in [5, 5.41) is 12.9. The number of rotatable bonds is 2. The molecule has 0 spiro atoms. The minimum absolute atomic E-state index is 0.369. The van der Waals surface area contributed by atoms with Crippen LogP contribution in [0, 0.1) is 11.3 Å². The van der Waals surface area contributed by atoms with Gasteiger partial charge in [-0.2, -0.15) is 5.26 Å². The zero-order valence-electron chi connectivity index (χ0n) is 9.82. The maximum Gasteiger partial charge on any atom is 0.159 e. The third-order valence-corrected chi connectivity index (χ3v) is 2.62. The minimum atomic E-state index is 0.369. The van der Waals surface area contributed by atoms with Gasteiger partial charge >= 0.3 is 0 Å². The molecular formula is C14H8N4O. The summed E-state index contributed by atoms with van der Waals surface area (Å²) >= 11 is 0. The Bertz CT molecular complexity index is 730. The fraction of sp³-hybridized carbons (Fsp3) is 0. The van der Waals surface area contributed by atoms with Crippen LogP contribution in [0.2, 0.25) is 0 Å². The number of aromatic nitrogens is 3. The fourth-order valence-corrected chi connectivity index (χ4v) is 1.72. The summed E-state index contributed by atoms with van der Waals surface area (Å²) in [6.45, 7) is 0. The Labute approximate surface area is 109 Å². The maximum atomic E-state index is 9.09. The van der Waals surface area contributed by atoms with E-state index in [-0.39, 0.29) is 0 Å². The minimum Gasteiger partial charge on any atom is -0.364 e. The summed E-state index contributed by atoms with van der Waals surface area (Å²) in [5.74, 6) is 0.553. The van der Waals surface area contributed by atoms with Gasteiger partial charge in [0.2, 0.25) is 0 Å². The van der Waals surface area contributed by atoms with Gasteiger partial charge in [0.15, 0.2) is 5.82 Å². The molecule has 5 heteroatoms. The largest absolute Gasteiger partial charge is 0.364 e. The van der Waals surface area contributed by atoms with Crippen molar-refractivity contribution in [1.82, 2.24) is 15.1 Å². The van der Waals surface area contributed by atoms with Gasteiger partial charge in [0.05, 0.1) is 5.56 Å². The molecule has 90 valence electrons. The van der Waals surface area contributed by atoms with Crippen LogP contribution < -0.4 is 0 Å². The molecule has 0 bridgehead atoms. The zero-order valence-corrected chi connectivity index (χ0v) is 9.82. The van der Waals surface area contributed by atoms with Crippen molar-refractivity contribution in [3.8, 4) is 28.8 Å². The van der Waals surface area contributed by atoms with E-state index in [2.05, 4.69) is 21.2 Å². The number of hydrogen-bond donors (Lipinski definition) is 0. The van der Waals surface area contributed by atoms with Gasteiger partial charge in [-0.3, -0.25) is 0 Å². The maximum absolute atomic E-state index is 9.09. The first kappa shape index (κ1) is 11.1. The summed E-state index contributed by atoms with van der Waals surface area (Å²) < 4.78 is 4.79. The lowest BCUT2D eigenvalue weighted by atomic mass is 10.1. The average molecular weight is 248 g/mol. The van der Waals surface area contributed by atoms with Crippen molar-refractivity contribution in [3.63, 3.8) is 0 Å². The van der Waals surface area contributed by atoms with Crippen LogP contribution in [0.1, 0.15) is 5.56 Å². The molecule has 3 aromatic rings. The molecule has 0 amide bonds. The Morgan fingerprint density at radius 2 is 1.95 bits per heavy atom. The Morgan fingerprint density at radius 3 is 2.63 bits per heavy atom. The number of nitriles is 1. The molecule has 0 atom stereocenters. The van der Waals surface area contributed by atoms with Crippen molar-refractivity contribution in [3.05, 3.63) is 54.4 Å². The molecule has 0 fully saturated rings. The molecule has 19 heavy (non-hydrogen) atoms. The third-order valence-electron chi connectivity index (χ3n) is 2.62. The van der Waals surface area contributed by atoms with Crippen LogP contribution in [0.3, 0.4) is 0 Å². The fourth-order valence-electron chi connectivity index (χ4n) is 1.72. The molecule has 0 radical (unpaired) electrons. The molecule has 2 heterocycles.